The van der Waals surface area contributed by atoms with Gasteiger partial charge in [-0.15, -0.1) is 0 Å². The first-order valence-corrected chi connectivity index (χ1v) is 9.24. The Kier molecular flexibility index (Phi) is 5.87. The molecule has 0 heterocycles. The highest BCUT2D eigenvalue weighted by Crippen LogP contribution is 2.44. The van der Waals surface area contributed by atoms with Crippen molar-refractivity contribution >= 4 is 5.91 Å². The van der Waals surface area contributed by atoms with E-state index in [1.807, 2.05) is 48.5 Å². The number of aliphatic hydroxyl groups is 1. The van der Waals surface area contributed by atoms with Crippen molar-refractivity contribution in [2.75, 3.05) is 6.61 Å². The molecular formula is C22H27NO2. The first kappa shape index (κ1) is 17.7. The second kappa shape index (κ2) is 8.30. The van der Waals surface area contributed by atoms with Crippen LogP contribution in [0.3, 0.4) is 0 Å². The molecule has 1 atom stereocenters. The largest absolute Gasteiger partial charge is 0.396 e. The minimum atomic E-state index is -0.270. The summed E-state index contributed by atoms with van der Waals surface area (Å²) < 4.78 is 0. The lowest BCUT2D eigenvalue weighted by molar-refractivity contribution is -0.136. The summed E-state index contributed by atoms with van der Waals surface area (Å²) in [4.78, 5) is 13.1. The van der Waals surface area contributed by atoms with Gasteiger partial charge in [0.15, 0.2) is 0 Å². The van der Waals surface area contributed by atoms with Crippen LogP contribution < -0.4 is 5.32 Å². The fraction of sp³-hybridized carbons (Fsp3) is 0.409. The van der Waals surface area contributed by atoms with Gasteiger partial charge in [-0.3, -0.25) is 4.79 Å². The third kappa shape index (κ3) is 4.29. The number of carbonyl (C=O) groups excluding carboxylic acids is 1. The molecule has 0 radical (unpaired) electrons. The van der Waals surface area contributed by atoms with Crippen LogP contribution in [-0.4, -0.2) is 17.6 Å². The molecule has 2 aromatic rings. The fourth-order valence-corrected chi connectivity index (χ4v) is 3.69. The van der Waals surface area contributed by atoms with Crippen LogP contribution in [0.5, 0.6) is 0 Å². The number of amides is 1. The molecule has 1 amide bonds. The molecule has 25 heavy (non-hydrogen) atoms. The van der Waals surface area contributed by atoms with Crippen molar-refractivity contribution in [3.63, 3.8) is 0 Å². The molecule has 3 nitrogen and oxygen atoms in total. The summed E-state index contributed by atoms with van der Waals surface area (Å²) in [5.74, 6) is 0.161. The third-order valence-electron chi connectivity index (χ3n) is 5.34. The van der Waals surface area contributed by atoms with Crippen molar-refractivity contribution in [1.82, 2.24) is 5.32 Å². The molecular weight excluding hydrogens is 310 g/mol. The number of aliphatic hydroxyl groups excluding tert-OH is 1. The third-order valence-corrected chi connectivity index (χ3v) is 5.34. The van der Waals surface area contributed by atoms with Gasteiger partial charge in [0.25, 0.3) is 0 Å². The zero-order chi connectivity index (χ0) is 17.5. The van der Waals surface area contributed by atoms with E-state index < -0.39 is 0 Å². The number of rotatable bonds is 8. The van der Waals surface area contributed by atoms with Crippen LogP contribution in [0.4, 0.5) is 0 Å². The Balaban J connectivity index is 1.73. The van der Waals surface area contributed by atoms with Gasteiger partial charge in [-0.1, -0.05) is 67.1 Å². The molecule has 0 spiro atoms. The van der Waals surface area contributed by atoms with Crippen molar-refractivity contribution in [2.24, 2.45) is 5.41 Å². The molecule has 3 heteroatoms. The lowest BCUT2D eigenvalue weighted by atomic mass is 9.64. The lowest BCUT2D eigenvalue weighted by Gasteiger charge is -2.41. The Bertz CT molecular complexity index is 665. The molecule has 0 aliphatic heterocycles. The SMILES string of the molecule is O=C(NC(CCCO)c1ccccc1)C1(Cc2ccccc2)CCC1. The second-order valence-corrected chi connectivity index (χ2v) is 7.10. The standard InChI is InChI=1S/C22H27NO2/c24-16-7-13-20(19-11-5-2-6-12-19)23-21(25)22(14-8-15-22)17-18-9-3-1-4-10-18/h1-6,9-12,20,24H,7-8,13-17H2,(H,23,25). The van der Waals surface area contributed by atoms with Crippen molar-refractivity contribution in [2.45, 2.75) is 44.6 Å². The zero-order valence-corrected chi connectivity index (χ0v) is 14.7. The lowest BCUT2D eigenvalue weighted by Crippen LogP contribution is -2.48. The highest BCUT2D eigenvalue weighted by molar-refractivity contribution is 5.84. The predicted octanol–water partition coefficient (Wildman–Crippen LogP) is 4.03. The maximum atomic E-state index is 13.1. The van der Waals surface area contributed by atoms with Gasteiger partial charge in [-0.2, -0.15) is 0 Å². The van der Waals surface area contributed by atoms with Crippen LogP contribution in [-0.2, 0) is 11.2 Å². The molecule has 1 unspecified atom stereocenters. The molecule has 1 saturated carbocycles. The maximum Gasteiger partial charge on any atom is 0.227 e. The molecule has 0 aromatic heterocycles. The van der Waals surface area contributed by atoms with Gasteiger partial charge < -0.3 is 10.4 Å². The van der Waals surface area contributed by atoms with E-state index in [1.54, 1.807) is 0 Å². The average molecular weight is 337 g/mol. The van der Waals surface area contributed by atoms with E-state index in [1.165, 1.54) is 5.56 Å². The van der Waals surface area contributed by atoms with E-state index in [0.717, 1.165) is 37.7 Å². The van der Waals surface area contributed by atoms with E-state index in [4.69, 9.17) is 0 Å². The molecule has 1 aliphatic carbocycles. The Labute approximate surface area is 150 Å². The molecule has 2 N–H and O–H groups in total. The highest BCUT2D eigenvalue weighted by atomic mass is 16.3. The minimum Gasteiger partial charge on any atom is -0.396 e. The minimum absolute atomic E-state index is 0.0332. The van der Waals surface area contributed by atoms with Crippen LogP contribution in [0.15, 0.2) is 60.7 Å². The van der Waals surface area contributed by atoms with E-state index in [0.29, 0.717) is 6.42 Å². The zero-order valence-electron chi connectivity index (χ0n) is 14.7. The molecule has 2 aromatic carbocycles. The van der Waals surface area contributed by atoms with Gasteiger partial charge in [-0.25, -0.2) is 0 Å². The van der Waals surface area contributed by atoms with Crippen molar-refractivity contribution in [3.8, 4) is 0 Å². The predicted molar refractivity (Wildman–Crippen MR) is 100 cm³/mol. The van der Waals surface area contributed by atoms with Gasteiger partial charge in [-0.05, 0) is 43.2 Å². The summed E-state index contributed by atoms with van der Waals surface area (Å²) in [6.07, 6.45) is 5.28. The first-order valence-electron chi connectivity index (χ1n) is 9.24. The van der Waals surface area contributed by atoms with Gasteiger partial charge in [0.1, 0.15) is 0 Å². The van der Waals surface area contributed by atoms with Crippen LogP contribution in [0.1, 0.15) is 49.3 Å². The monoisotopic (exact) mass is 337 g/mol. The van der Waals surface area contributed by atoms with Crippen LogP contribution in [0.2, 0.25) is 0 Å². The highest BCUT2D eigenvalue weighted by Gasteiger charge is 2.44. The van der Waals surface area contributed by atoms with Crippen LogP contribution >= 0.6 is 0 Å². The van der Waals surface area contributed by atoms with E-state index in [2.05, 4.69) is 17.4 Å². The molecule has 3 rings (SSSR count). The van der Waals surface area contributed by atoms with Crippen LogP contribution in [0, 0.1) is 5.41 Å². The summed E-state index contributed by atoms with van der Waals surface area (Å²) in [5.41, 5.74) is 2.07. The second-order valence-electron chi connectivity index (χ2n) is 7.10. The summed E-state index contributed by atoms with van der Waals surface area (Å²) in [6, 6.07) is 20.3. The van der Waals surface area contributed by atoms with Crippen LogP contribution in [0.25, 0.3) is 0 Å². The summed E-state index contributed by atoms with van der Waals surface area (Å²) in [6.45, 7) is 0.147. The Hall–Kier alpha value is -2.13. The molecule has 1 aliphatic rings. The first-order chi connectivity index (χ1) is 12.2. The van der Waals surface area contributed by atoms with Gasteiger partial charge in [0.05, 0.1) is 11.5 Å². The quantitative estimate of drug-likeness (QED) is 0.764. The topological polar surface area (TPSA) is 49.3 Å². The Morgan fingerprint density at radius 3 is 2.24 bits per heavy atom. The maximum absolute atomic E-state index is 13.1. The summed E-state index contributed by atoms with van der Waals surface area (Å²) >= 11 is 0. The van der Waals surface area contributed by atoms with Gasteiger partial charge >= 0.3 is 0 Å². The fourth-order valence-electron chi connectivity index (χ4n) is 3.69. The van der Waals surface area contributed by atoms with Gasteiger partial charge in [0.2, 0.25) is 5.91 Å². The van der Waals surface area contributed by atoms with E-state index in [9.17, 15) is 9.90 Å². The van der Waals surface area contributed by atoms with Crippen molar-refractivity contribution in [1.29, 1.82) is 0 Å². The number of hydrogen-bond donors (Lipinski definition) is 2. The van der Waals surface area contributed by atoms with Crippen molar-refractivity contribution < 1.29 is 9.90 Å². The van der Waals surface area contributed by atoms with Crippen molar-refractivity contribution in [3.05, 3.63) is 71.8 Å². The van der Waals surface area contributed by atoms with E-state index >= 15 is 0 Å². The van der Waals surface area contributed by atoms with Gasteiger partial charge in [0, 0.05) is 6.61 Å². The molecule has 0 bridgehead atoms. The molecule has 1 fully saturated rings. The Morgan fingerprint density at radius 1 is 1.04 bits per heavy atom. The number of carbonyl (C=O) groups is 1. The number of hydrogen-bond acceptors (Lipinski definition) is 2. The van der Waals surface area contributed by atoms with E-state index in [-0.39, 0.29) is 24.0 Å². The molecule has 0 saturated heterocycles. The number of nitrogens with one attached hydrogen (secondary N) is 1. The molecule has 132 valence electrons. The number of benzene rings is 2. The normalized spacial score (nSPS) is 16.7. The summed E-state index contributed by atoms with van der Waals surface area (Å²) in [7, 11) is 0. The smallest absolute Gasteiger partial charge is 0.227 e. The summed E-state index contributed by atoms with van der Waals surface area (Å²) in [5, 5.41) is 12.5. The Morgan fingerprint density at radius 2 is 1.68 bits per heavy atom. The average Bonchev–Trinajstić information content (AvgIpc) is 2.63.